The van der Waals surface area contributed by atoms with E-state index < -0.39 is 0 Å². The molecule has 0 aromatic rings. The first kappa shape index (κ1) is 46.4. The van der Waals surface area contributed by atoms with Gasteiger partial charge < -0.3 is 59.5 Å². The van der Waals surface area contributed by atoms with Crippen LogP contribution in [0.25, 0.3) is 0 Å². The van der Waals surface area contributed by atoms with Gasteiger partial charge in [-0.05, 0) is 25.7 Å². The Morgan fingerprint density at radius 2 is 0.537 bits per heavy atom. The molecule has 0 aliphatic heterocycles. The molecule has 0 radical (unpaired) electrons. The Bertz CT molecular complexity index is 459. The fourth-order valence-corrected chi connectivity index (χ4v) is 5.65. The van der Waals surface area contributed by atoms with Gasteiger partial charge in [-0.15, -0.1) is 0 Å². The summed E-state index contributed by atoms with van der Waals surface area (Å²) in [5, 5.41) is 0. The van der Waals surface area contributed by atoms with Gasteiger partial charge in [0.15, 0.2) is 0 Å². The van der Waals surface area contributed by atoms with Crippen LogP contribution in [0.3, 0.4) is 0 Å². The van der Waals surface area contributed by atoms with E-state index in [4.69, 9.17) is 49.7 Å². The number of hydrogen-bond donors (Lipinski definition) is 0. The van der Waals surface area contributed by atoms with E-state index in [0.717, 1.165) is 26.2 Å². The van der Waals surface area contributed by atoms with Crippen LogP contribution in [0.15, 0.2) is 0 Å². The predicted octanol–water partition coefficient (Wildman–Crippen LogP) is 11.3. The van der Waals surface area contributed by atoms with Gasteiger partial charge >= 0.3 is 23.1 Å². The third-order valence-electron chi connectivity index (χ3n) is 7.64. The summed E-state index contributed by atoms with van der Waals surface area (Å²) in [4.78, 5) is 4.48. The summed E-state index contributed by atoms with van der Waals surface area (Å²) >= 11 is 20.8. The predicted molar refractivity (Wildman–Crippen MR) is 202 cm³/mol. The number of hydrogen-bond acceptors (Lipinski definition) is 4. The van der Waals surface area contributed by atoms with E-state index in [1.165, 1.54) is 154 Å². The third kappa shape index (κ3) is 37.1. The van der Waals surface area contributed by atoms with Gasteiger partial charge in [0.1, 0.15) is 0 Å². The maximum atomic E-state index is 5.20. The molecule has 0 rings (SSSR count). The molecular formula is C34H68MgN2S4. The normalized spacial score (nSPS) is 10.4. The number of rotatable bonds is 28. The van der Waals surface area contributed by atoms with E-state index in [-0.39, 0.29) is 23.1 Å². The monoisotopic (exact) mass is 656 g/mol. The van der Waals surface area contributed by atoms with Gasteiger partial charge in [-0.1, -0.05) is 165 Å². The second-order valence-electron chi connectivity index (χ2n) is 11.6. The molecule has 0 atom stereocenters. The molecule has 0 saturated heterocycles. The molecule has 240 valence electrons. The van der Waals surface area contributed by atoms with Crippen LogP contribution in [0.5, 0.6) is 0 Å². The molecule has 0 unspecified atom stereocenters. The van der Waals surface area contributed by atoms with E-state index in [2.05, 4.69) is 37.5 Å². The summed E-state index contributed by atoms with van der Waals surface area (Å²) in [5.41, 5.74) is 0. The first-order chi connectivity index (χ1) is 19.4. The van der Waals surface area contributed by atoms with Crippen LogP contribution in [0.2, 0.25) is 0 Å². The van der Waals surface area contributed by atoms with Gasteiger partial charge in [-0.2, -0.15) is 0 Å². The molecule has 0 spiro atoms. The minimum Gasteiger partial charge on any atom is -0.411 e. The van der Waals surface area contributed by atoms with Gasteiger partial charge in [0.05, 0.1) is 0 Å². The van der Waals surface area contributed by atoms with Crippen molar-refractivity contribution in [2.75, 3.05) is 26.2 Å². The summed E-state index contributed by atoms with van der Waals surface area (Å²) < 4.78 is 1.35. The molecule has 0 aliphatic rings. The van der Waals surface area contributed by atoms with Gasteiger partial charge in [-0.25, -0.2) is 0 Å². The topological polar surface area (TPSA) is 6.48 Å². The van der Waals surface area contributed by atoms with Crippen molar-refractivity contribution in [1.82, 2.24) is 9.80 Å². The van der Waals surface area contributed by atoms with Crippen molar-refractivity contribution in [3.8, 4) is 0 Å². The molecule has 41 heavy (non-hydrogen) atoms. The maximum Gasteiger partial charge on any atom is 2.00 e. The van der Waals surface area contributed by atoms with Crippen molar-refractivity contribution in [2.45, 2.75) is 182 Å². The van der Waals surface area contributed by atoms with Crippen LogP contribution in [0.4, 0.5) is 0 Å². The summed E-state index contributed by atoms with van der Waals surface area (Å²) in [6, 6.07) is 0. The Hall–Kier alpha value is 0.986. The molecule has 7 heteroatoms. The first-order valence-corrected chi connectivity index (χ1v) is 19.0. The van der Waals surface area contributed by atoms with Gasteiger partial charge in [0.2, 0.25) is 0 Å². The van der Waals surface area contributed by atoms with Crippen LogP contribution in [0.1, 0.15) is 182 Å². The summed E-state index contributed by atoms with van der Waals surface area (Å²) in [6.07, 6.45) is 32.0. The molecule has 0 heterocycles. The Morgan fingerprint density at radius 3 is 0.707 bits per heavy atom. The number of thiocarbonyl (C=S) groups is 2. The van der Waals surface area contributed by atoms with Crippen LogP contribution in [-0.2, 0) is 25.3 Å². The van der Waals surface area contributed by atoms with Crippen LogP contribution in [0, 0.1) is 0 Å². The van der Waals surface area contributed by atoms with Crippen LogP contribution in [-0.4, -0.2) is 67.7 Å². The van der Waals surface area contributed by atoms with E-state index in [0.29, 0.717) is 8.64 Å². The molecule has 0 aromatic carbocycles. The van der Waals surface area contributed by atoms with E-state index in [1.807, 2.05) is 0 Å². The Kier molecular flexibility index (Phi) is 44.2. The average Bonchev–Trinajstić information content (AvgIpc) is 2.93. The third-order valence-corrected chi connectivity index (χ3v) is 8.68. The standard InChI is InChI=1S/2C17H35NS2.Mg/c2*1-3-5-7-9-11-13-15-18(17(19)20)16-14-12-10-8-6-4-2;/h2*3-16H2,1-2H3,(H,19,20);/q;;+2/p-2. The minimum atomic E-state index is 0. The first-order valence-electron chi connectivity index (χ1n) is 17.4. The van der Waals surface area contributed by atoms with Gasteiger partial charge in [0.25, 0.3) is 0 Å². The van der Waals surface area contributed by atoms with E-state index in [9.17, 15) is 0 Å². The molecule has 0 bridgehead atoms. The molecule has 2 nitrogen and oxygen atoms in total. The zero-order valence-electron chi connectivity index (χ0n) is 28.0. The van der Waals surface area contributed by atoms with E-state index in [1.54, 1.807) is 0 Å². The summed E-state index contributed by atoms with van der Waals surface area (Å²) in [5.74, 6) is 0. The van der Waals surface area contributed by atoms with Gasteiger partial charge in [-0.3, -0.25) is 0 Å². The zero-order valence-corrected chi connectivity index (χ0v) is 32.7. The summed E-state index contributed by atoms with van der Waals surface area (Å²) in [7, 11) is 0. The molecule has 0 amide bonds. The molecule has 0 aromatic heterocycles. The van der Waals surface area contributed by atoms with Crippen molar-refractivity contribution in [2.24, 2.45) is 0 Å². The van der Waals surface area contributed by atoms with Crippen molar-refractivity contribution < 1.29 is 0 Å². The molecular weight excluding hydrogens is 589 g/mol. The largest absolute Gasteiger partial charge is 2.00 e. The number of nitrogens with zero attached hydrogens (tertiary/aromatic N) is 2. The average molecular weight is 658 g/mol. The fraction of sp³-hybridized carbons (Fsp3) is 0.941. The van der Waals surface area contributed by atoms with Gasteiger partial charge in [0, 0.05) is 26.2 Å². The van der Waals surface area contributed by atoms with Crippen molar-refractivity contribution in [1.29, 1.82) is 0 Å². The molecule has 0 fully saturated rings. The fourth-order valence-electron chi connectivity index (χ4n) is 4.92. The Morgan fingerprint density at radius 1 is 0.366 bits per heavy atom. The van der Waals surface area contributed by atoms with Crippen molar-refractivity contribution in [3.63, 3.8) is 0 Å². The van der Waals surface area contributed by atoms with Crippen LogP contribution >= 0.6 is 24.4 Å². The SMILES string of the molecule is CCCCCCCCN(CCCCCCCC)C(=S)[S-].CCCCCCCCN(CCCCCCCC)C(=S)[S-].[Mg+2]. The summed E-state index contributed by atoms with van der Waals surface area (Å²) in [6.45, 7) is 13.3. The number of unbranched alkanes of at least 4 members (excludes halogenated alkanes) is 20. The maximum absolute atomic E-state index is 5.20. The molecule has 0 aliphatic carbocycles. The van der Waals surface area contributed by atoms with Crippen LogP contribution < -0.4 is 0 Å². The molecule has 0 N–H and O–H groups in total. The quantitative estimate of drug-likeness (QED) is 0.0355. The minimum absolute atomic E-state index is 0. The Balaban J connectivity index is -0.000000688. The Labute approximate surface area is 297 Å². The zero-order chi connectivity index (χ0) is 30.1. The van der Waals surface area contributed by atoms with E-state index >= 15 is 0 Å². The van der Waals surface area contributed by atoms with Crippen molar-refractivity contribution in [3.05, 3.63) is 0 Å². The smallest absolute Gasteiger partial charge is 0.411 e. The molecule has 0 saturated carbocycles. The van der Waals surface area contributed by atoms with Crippen molar-refractivity contribution >= 4 is 81.4 Å². The second-order valence-corrected chi connectivity index (χ2v) is 13.6. The second kappa shape index (κ2) is 39.0.